The number of alkyl halides is 3. The predicted octanol–water partition coefficient (Wildman–Crippen LogP) is 3.09. The maximum Gasteiger partial charge on any atom is 0.416 e. The molecule has 1 fully saturated rings. The normalized spacial score (nSPS) is 20.6. The maximum absolute atomic E-state index is 13.2. The largest absolute Gasteiger partial charge is 0.416 e. The monoisotopic (exact) mass is 496 g/mol. The molecule has 1 aromatic carbocycles. The van der Waals surface area contributed by atoms with E-state index in [4.69, 9.17) is 16.3 Å². The number of benzene rings is 1. The van der Waals surface area contributed by atoms with Gasteiger partial charge in [0.2, 0.25) is 17.6 Å². The van der Waals surface area contributed by atoms with Gasteiger partial charge in [0.1, 0.15) is 6.04 Å². The molecule has 0 bridgehead atoms. The lowest BCUT2D eigenvalue weighted by molar-refractivity contribution is -0.137. The number of anilines is 2. The fourth-order valence-corrected chi connectivity index (χ4v) is 4.59. The Labute approximate surface area is 196 Å². The van der Waals surface area contributed by atoms with Gasteiger partial charge >= 0.3 is 6.18 Å². The van der Waals surface area contributed by atoms with E-state index in [0.29, 0.717) is 44.4 Å². The summed E-state index contributed by atoms with van der Waals surface area (Å²) in [5.74, 6) is -0.00778. The summed E-state index contributed by atoms with van der Waals surface area (Å²) in [4.78, 5) is 32.4. The zero-order valence-corrected chi connectivity index (χ0v) is 18.7. The molecule has 2 aromatic heterocycles. The molecular weight excluding hydrogens is 477 g/mol. The van der Waals surface area contributed by atoms with Gasteiger partial charge in [-0.15, -0.1) is 5.10 Å². The van der Waals surface area contributed by atoms with Crippen molar-refractivity contribution in [3.05, 3.63) is 50.9 Å². The Morgan fingerprint density at radius 1 is 1.24 bits per heavy atom. The van der Waals surface area contributed by atoms with Crippen LogP contribution in [-0.2, 0) is 15.7 Å². The Morgan fingerprint density at radius 2 is 1.97 bits per heavy atom. The predicted molar refractivity (Wildman–Crippen MR) is 117 cm³/mol. The number of ether oxygens (including phenoxy) is 1. The number of aromatic nitrogens is 4. The van der Waals surface area contributed by atoms with Crippen molar-refractivity contribution in [1.82, 2.24) is 19.2 Å². The third-order valence-electron chi connectivity index (χ3n) is 6.10. The van der Waals surface area contributed by atoms with Crippen LogP contribution >= 0.6 is 11.6 Å². The first kappa shape index (κ1) is 22.7. The molecule has 2 atom stereocenters. The summed E-state index contributed by atoms with van der Waals surface area (Å²) >= 11 is 6.02. The van der Waals surface area contributed by atoms with E-state index in [9.17, 15) is 22.8 Å². The van der Waals surface area contributed by atoms with Crippen molar-refractivity contribution >= 4 is 34.9 Å². The van der Waals surface area contributed by atoms with Gasteiger partial charge in [0, 0.05) is 24.8 Å². The number of hydrogen-bond acceptors (Lipinski definition) is 6. The van der Waals surface area contributed by atoms with Crippen molar-refractivity contribution in [2.24, 2.45) is 0 Å². The number of nitrogens with one attached hydrogen (secondary N) is 1. The maximum atomic E-state index is 13.2. The molecule has 0 aliphatic carbocycles. The lowest BCUT2D eigenvalue weighted by atomic mass is 10.0. The van der Waals surface area contributed by atoms with E-state index in [1.54, 1.807) is 4.57 Å². The van der Waals surface area contributed by atoms with Crippen molar-refractivity contribution in [2.75, 3.05) is 36.5 Å². The Balaban J connectivity index is 1.50. The number of carbonyl (C=O) groups excluding carboxylic acids is 1. The van der Waals surface area contributed by atoms with Gasteiger partial charge in [0.05, 0.1) is 29.5 Å². The fourth-order valence-electron chi connectivity index (χ4n) is 4.36. The first-order valence-electron chi connectivity index (χ1n) is 10.7. The van der Waals surface area contributed by atoms with Crippen LogP contribution in [0.15, 0.2) is 29.1 Å². The van der Waals surface area contributed by atoms with Crippen molar-refractivity contribution in [2.45, 2.75) is 31.5 Å². The zero-order valence-electron chi connectivity index (χ0n) is 18.0. The van der Waals surface area contributed by atoms with Gasteiger partial charge in [-0.1, -0.05) is 18.5 Å². The van der Waals surface area contributed by atoms with Crippen molar-refractivity contribution in [1.29, 1.82) is 0 Å². The zero-order chi connectivity index (χ0) is 24.2. The Bertz CT molecular complexity index is 1330. The molecule has 5 rings (SSSR count). The molecule has 34 heavy (non-hydrogen) atoms. The number of fused-ring (bicyclic) bond motifs is 3. The van der Waals surface area contributed by atoms with Crippen LogP contribution < -0.4 is 15.8 Å². The average molecular weight is 497 g/mol. The average Bonchev–Trinajstić information content (AvgIpc) is 3.38. The number of carbonyl (C=O) groups is 1. The summed E-state index contributed by atoms with van der Waals surface area (Å²) < 4.78 is 47.0. The van der Waals surface area contributed by atoms with E-state index < -0.39 is 23.7 Å². The van der Waals surface area contributed by atoms with Crippen LogP contribution in [0.4, 0.5) is 24.8 Å². The summed E-state index contributed by atoms with van der Waals surface area (Å²) in [6.07, 6.45) is -4.17. The lowest BCUT2D eigenvalue weighted by Gasteiger charge is -2.25. The summed E-state index contributed by atoms with van der Waals surface area (Å²) in [5.41, 5.74) is -0.564. The van der Waals surface area contributed by atoms with E-state index in [0.717, 1.165) is 22.7 Å². The minimum absolute atomic E-state index is 0.0632. The summed E-state index contributed by atoms with van der Waals surface area (Å²) in [6.45, 7) is 4.07. The van der Waals surface area contributed by atoms with Gasteiger partial charge in [-0.05, 0) is 30.5 Å². The highest BCUT2D eigenvalue weighted by Crippen LogP contribution is 2.38. The molecule has 0 spiro atoms. The van der Waals surface area contributed by atoms with Crippen molar-refractivity contribution < 1.29 is 22.7 Å². The number of amides is 1. The molecule has 9 nitrogen and oxygen atoms in total. The highest BCUT2D eigenvalue weighted by molar-refractivity contribution is 6.33. The summed E-state index contributed by atoms with van der Waals surface area (Å²) in [5, 5.41) is 6.74. The van der Waals surface area contributed by atoms with Crippen LogP contribution in [-0.4, -0.2) is 51.4 Å². The first-order valence-corrected chi connectivity index (χ1v) is 11.0. The second kappa shape index (κ2) is 8.27. The molecule has 180 valence electrons. The molecule has 1 amide bonds. The second-order valence-electron chi connectivity index (χ2n) is 8.33. The molecule has 0 saturated carbocycles. The molecule has 3 aromatic rings. The number of hydrogen-bond donors (Lipinski definition) is 1. The Kier molecular flexibility index (Phi) is 5.52. The molecule has 2 aliphatic heterocycles. The number of rotatable bonds is 3. The highest BCUT2D eigenvalue weighted by Gasteiger charge is 2.36. The van der Waals surface area contributed by atoms with Gasteiger partial charge in [0.25, 0.3) is 5.56 Å². The van der Waals surface area contributed by atoms with Gasteiger partial charge in [-0.25, -0.2) is 0 Å². The molecular formula is C21H20ClF3N6O3. The van der Waals surface area contributed by atoms with E-state index in [1.807, 2.05) is 11.8 Å². The molecule has 0 radical (unpaired) electrons. The third kappa shape index (κ3) is 3.90. The topological polar surface area (TPSA) is 93.8 Å². The smallest absolute Gasteiger partial charge is 0.378 e. The SMILES string of the molecule is CC1CC(C(=O)Nc2ccc(C(F)(F)F)cc2Cl)n2c1cc(=O)n1nc(N3CCOCC3)nc21. The van der Waals surface area contributed by atoms with Crippen LogP contribution in [0.1, 0.15) is 36.6 Å². The van der Waals surface area contributed by atoms with Crippen LogP contribution in [0.5, 0.6) is 0 Å². The quantitative estimate of drug-likeness (QED) is 0.599. The summed E-state index contributed by atoms with van der Waals surface area (Å²) in [6, 6.07) is 3.43. The number of nitrogens with zero attached hydrogens (tertiary/aromatic N) is 5. The Morgan fingerprint density at radius 3 is 2.65 bits per heavy atom. The van der Waals surface area contributed by atoms with Crippen LogP contribution in [0, 0.1) is 0 Å². The third-order valence-corrected chi connectivity index (χ3v) is 6.41. The molecule has 4 heterocycles. The second-order valence-corrected chi connectivity index (χ2v) is 8.74. The van der Waals surface area contributed by atoms with E-state index in [1.165, 1.54) is 6.07 Å². The van der Waals surface area contributed by atoms with E-state index >= 15 is 0 Å². The number of halogens is 4. The van der Waals surface area contributed by atoms with Crippen LogP contribution in [0.2, 0.25) is 5.02 Å². The minimum Gasteiger partial charge on any atom is -0.378 e. The molecule has 1 N–H and O–H groups in total. The highest BCUT2D eigenvalue weighted by atomic mass is 35.5. The van der Waals surface area contributed by atoms with E-state index in [2.05, 4.69) is 15.4 Å². The van der Waals surface area contributed by atoms with Gasteiger partial charge in [0.15, 0.2) is 0 Å². The summed E-state index contributed by atoms with van der Waals surface area (Å²) in [7, 11) is 0. The van der Waals surface area contributed by atoms with Gasteiger partial charge < -0.3 is 19.5 Å². The molecule has 1 saturated heterocycles. The van der Waals surface area contributed by atoms with Crippen LogP contribution in [0.3, 0.4) is 0 Å². The molecule has 13 heteroatoms. The van der Waals surface area contributed by atoms with Crippen molar-refractivity contribution in [3.63, 3.8) is 0 Å². The van der Waals surface area contributed by atoms with Crippen LogP contribution in [0.25, 0.3) is 5.78 Å². The Hall–Kier alpha value is -3.12. The molecule has 2 aliphatic rings. The standard InChI is InChI=1S/C21H20ClF3N6O3/c1-11-8-16(18(33)26-14-3-2-12(9-13(14)22)21(23,24)25)30-15(11)10-17(32)31-20(30)27-19(28-31)29-4-6-34-7-5-29/h2-3,9-11,16H,4-8H2,1H3,(H,26,33). The minimum atomic E-state index is -4.55. The van der Waals surface area contributed by atoms with Crippen molar-refractivity contribution in [3.8, 4) is 0 Å². The van der Waals surface area contributed by atoms with E-state index in [-0.39, 0.29) is 28.0 Å². The lowest BCUT2D eigenvalue weighted by Crippen LogP contribution is -2.37. The number of morpholine rings is 1. The fraction of sp³-hybridized carbons (Fsp3) is 0.429. The van der Waals surface area contributed by atoms with Gasteiger partial charge in [-0.2, -0.15) is 22.7 Å². The first-order chi connectivity index (χ1) is 16.1. The van der Waals surface area contributed by atoms with Gasteiger partial charge in [-0.3, -0.25) is 9.59 Å². The molecule has 2 unspecified atom stereocenters.